The quantitative estimate of drug-likeness (QED) is 0.868. The molecule has 1 aliphatic heterocycles. The normalized spacial score (nSPS) is 15.8. The number of fused-ring (bicyclic) bond motifs is 1. The van der Waals surface area contributed by atoms with Gasteiger partial charge in [-0.1, -0.05) is 22.0 Å². The average Bonchev–Trinajstić information content (AvgIpc) is 2.52. The second kappa shape index (κ2) is 6.09. The van der Waals surface area contributed by atoms with Crippen molar-refractivity contribution in [3.63, 3.8) is 0 Å². The molecule has 0 saturated heterocycles. The Hall–Kier alpha value is -1.23. The van der Waals surface area contributed by atoms with E-state index >= 15 is 0 Å². The Bertz CT molecular complexity index is 433. The Morgan fingerprint density at radius 3 is 2.78 bits per heavy atom. The summed E-state index contributed by atoms with van der Waals surface area (Å²) in [6, 6.07) is 5.76. The third kappa shape index (κ3) is 3.63. The second-order valence-corrected chi connectivity index (χ2v) is 5.53. The van der Waals surface area contributed by atoms with Crippen LogP contribution in [-0.4, -0.2) is 29.1 Å². The third-order valence-electron chi connectivity index (χ3n) is 2.67. The number of carboxylic acid groups (broad SMARTS) is 1. The number of rotatable bonds is 4. The van der Waals surface area contributed by atoms with Crippen LogP contribution in [0.2, 0.25) is 0 Å². The molecule has 1 aromatic rings. The number of carbonyl (C=O) groups is 1. The fraction of sp³-hybridized carbons (Fsp3) is 0.462. The van der Waals surface area contributed by atoms with E-state index in [1.54, 1.807) is 0 Å². The standard InChI is InChI=1S/C13H15BrO4/c14-10(8-13(15)16)6-9-2-3-11-12(7-9)18-5-1-4-17-11/h2-3,7,10H,1,4-6,8H2,(H,15,16). The fourth-order valence-corrected chi connectivity index (χ4v) is 2.50. The van der Waals surface area contributed by atoms with Gasteiger partial charge >= 0.3 is 5.97 Å². The van der Waals surface area contributed by atoms with Gasteiger partial charge in [0.15, 0.2) is 11.5 Å². The number of halogens is 1. The number of hydrogen-bond acceptors (Lipinski definition) is 3. The summed E-state index contributed by atoms with van der Waals surface area (Å²) < 4.78 is 11.1. The molecule has 0 fully saturated rings. The minimum absolute atomic E-state index is 0.0697. The summed E-state index contributed by atoms with van der Waals surface area (Å²) in [6.07, 6.45) is 1.64. The number of benzene rings is 1. The van der Waals surface area contributed by atoms with Crippen molar-refractivity contribution in [2.75, 3.05) is 13.2 Å². The first-order valence-electron chi connectivity index (χ1n) is 5.89. The lowest BCUT2D eigenvalue weighted by Crippen LogP contribution is -2.09. The third-order valence-corrected chi connectivity index (χ3v) is 3.31. The second-order valence-electron chi connectivity index (χ2n) is 4.23. The molecule has 0 bridgehead atoms. The van der Waals surface area contributed by atoms with Crippen molar-refractivity contribution in [2.24, 2.45) is 0 Å². The molecule has 0 radical (unpaired) electrons. The van der Waals surface area contributed by atoms with Crippen LogP contribution in [0.5, 0.6) is 11.5 Å². The number of carboxylic acids is 1. The van der Waals surface area contributed by atoms with Gasteiger partial charge in [-0.15, -0.1) is 0 Å². The number of alkyl halides is 1. The highest BCUT2D eigenvalue weighted by molar-refractivity contribution is 9.09. The van der Waals surface area contributed by atoms with Crippen molar-refractivity contribution < 1.29 is 19.4 Å². The summed E-state index contributed by atoms with van der Waals surface area (Å²) in [4.78, 5) is 10.5. The first-order valence-corrected chi connectivity index (χ1v) is 6.81. The summed E-state index contributed by atoms with van der Waals surface area (Å²) in [7, 11) is 0. The molecule has 1 aliphatic rings. The summed E-state index contributed by atoms with van der Waals surface area (Å²) in [6.45, 7) is 1.33. The van der Waals surface area contributed by atoms with E-state index in [1.807, 2.05) is 18.2 Å². The van der Waals surface area contributed by atoms with Crippen LogP contribution in [0.15, 0.2) is 18.2 Å². The Morgan fingerprint density at radius 2 is 2.06 bits per heavy atom. The zero-order valence-corrected chi connectivity index (χ0v) is 11.5. The molecule has 1 aromatic carbocycles. The zero-order valence-electron chi connectivity index (χ0n) is 9.89. The Morgan fingerprint density at radius 1 is 1.33 bits per heavy atom. The van der Waals surface area contributed by atoms with Crippen LogP contribution in [0.25, 0.3) is 0 Å². The van der Waals surface area contributed by atoms with Gasteiger partial charge in [-0.2, -0.15) is 0 Å². The zero-order chi connectivity index (χ0) is 13.0. The van der Waals surface area contributed by atoms with Crippen LogP contribution >= 0.6 is 15.9 Å². The number of hydrogen-bond donors (Lipinski definition) is 1. The first-order chi connectivity index (χ1) is 8.65. The van der Waals surface area contributed by atoms with E-state index in [0.717, 1.165) is 23.5 Å². The summed E-state index contributed by atoms with van der Waals surface area (Å²) in [5.74, 6) is 0.715. The maximum absolute atomic E-state index is 10.6. The topological polar surface area (TPSA) is 55.8 Å². The van der Waals surface area contributed by atoms with E-state index in [9.17, 15) is 4.79 Å². The minimum atomic E-state index is -0.800. The monoisotopic (exact) mass is 314 g/mol. The lowest BCUT2D eigenvalue weighted by Gasteiger charge is -2.11. The van der Waals surface area contributed by atoms with Crippen molar-refractivity contribution in [3.05, 3.63) is 23.8 Å². The van der Waals surface area contributed by atoms with Gasteiger partial charge in [0, 0.05) is 11.2 Å². The van der Waals surface area contributed by atoms with E-state index < -0.39 is 5.97 Å². The smallest absolute Gasteiger partial charge is 0.304 e. The SMILES string of the molecule is O=C(O)CC(Br)Cc1ccc2c(c1)OCCCO2. The van der Waals surface area contributed by atoms with Crippen LogP contribution in [0, 0.1) is 0 Å². The van der Waals surface area contributed by atoms with Crippen molar-refractivity contribution >= 4 is 21.9 Å². The molecule has 2 rings (SSSR count). The van der Waals surface area contributed by atoms with Gasteiger partial charge in [0.05, 0.1) is 19.6 Å². The van der Waals surface area contributed by atoms with E-state index in [2.05, 4.69) is 15.9 Å². The van der Waals surface area contributed by atoms with Gasteiger partial charge < -0.3 is 14.6 Å². The van der Waals surface area contributed by atoms with Crippen molar-refractivity contribution in [2.45, 2.75) is 24.1 Å². The predicted molar refractivity (Wildman–Crippen MR) is 70.7 cm³/mol. The van der Waals surface area contributed by atoms with Crippen LogP contribution in [0.4, 0.5) is 0 Å². The number of aliphatic carboxylic acids is 1. The van der Waals surface area contributed by atoms with E-state index in [1.165, 1.54) is 0 Å². The Kier molecular flexibility index (Phi) is 4.47. The molecule has 0 aromatic heterocycles. The van der Waals surface area contributed by atoms with Gasteiger partial charge in [-0.05, 0) is 24.1 Å². The summed E-state index contributed by atoms with van der Waals surface area (Å²) >= 11 is 3.37. The highest BCUT2D eigenvalue weighted by Gasteiger charge is 2.14. The average molecular weight is 315 g/mol. The maximum atomic E-state index is 10.6. The van der Waals surface area contributed by atoms with Crippen molar-refractivity contribution in [1.29, 1.82) is 0 Å². The lowest BCUT2D eigenvalue weighted by molar-refractivity contribution is -0.136. The molecule has 0 amide bonds. The molecule has 98 valence electrons. The predicted octanol–water partition coefficient (Wildman–Crippen LogP) is 2.63. The molecule has 18 heavy (non-hydrogen) atoms. The fourth-order valence-electron chi connectivity index (χ4n) is 1.85. The maximum Gasteiger partial charge on any atom is 0.304 e. The van der Waals surface area contributed by atoms with Gasteiger partial charge in [-0.3, -0.25) is 4.79 Å². The first kappa shape index (κ1) is 13.2. The molecule has 4 nitrogen and oxygen atoms in total. The minimum Gasteiger partial charge on any atom is -0.490 e. The van der Waals surface area contributed by atoms with Gasteiger partial charge in [0.25, 0.3) is 0 Å². The van der Waals surface area contributed by atoms with Gasteiger partial charge in [0.1, 0.15) is 0 Å². The molecule has 5 heteroatoms. The van der Waals surface area contributed by atoms with E-state index in [-0.39, 0.29) is 11.2 Å². The highest BCUT2D eigenvalue weighted by Crippen LogP contribution is 2.31. The molecular formula is C13H15BrO4. The summed E-state index contributed by atoms with van der Waals surface area (Å²) in [5.41, 5.74) is 1.04. The molecule has 1 unspecified atom stereocenters. The lowest BCUT2D eigenvalue weighted by atomic mass is 10.1. The summed E-state index contributed by atoms with van der Waals surface area (Å²) in [5, 5.41) is 8.72. The van der Waals surface area contributed by atoms with Gasteiger partial charge in [0.2, 0.25) is 0 Å². The van der Waals surface area contributed by atoms with Crippen molar-refractivity contribution in [3.8, 4) is 11.5 Å². The Labute approximate surface area is 114 Å². The Balaban J connectivity index is 2.06. The van der Waals surface area contributed by atoms with Crippen LogP contribution in [0.1, 0.15) is 18.4 Å². The van der Waals surface area contributed by atoms with Crippen molar-refractivity contribution in [1.82, 2.24) is 0 Å². The molecular weight excluding hydrogens is 300 g/mol. The molecule has 1 heterocycles. The van der Waals surface area contributed by atoms with E-state index in [0.29, 0.717) is 19.6 Å². The number of ether oxygens (including phenoxy) is 2. The molecule has 1 atom stereocenters. The van der Waals surface area contributed by atoms with Crippen LogP contribution in [-0.2, 0) is 11.2 Å². The molecule has 0 aliphatic carbocycles. The van der Waals surface area contributed by atoms with Gasteiger partial charge in [-0.25, -0.2) is 0 Å². The van der Waals surface area contributed by atoms with Crippen LogP contribution < -0.4 is 9.47 Å². The molecule has 1 N–H and O–H groups in total. The largest absolute Gasteiger partial charge is 0.490 e. The van der Waals surface area contributed by atoms with E-state index in [4.69, 9.17) is 14.6 Å². The van der Waals surface area contributed by atoms with Crippen LogP contribution in [0.3, 0.4) is 0 Å². The highest BCUT2D eigenvalue weighted by atomic mass is 79.9. The molecule has 0 saturated carbocycles. The molecule has 0 spiro atoms.